The molecule has 6 nitrogen and oxygen atoms in total. The topological polar surface area (TPSA) is 61.9 Å². The second kappa shape index (κ2) is 9.53. The molecular weight excluding hydrogens is 318 g/mol. The van der Waals surface area contributed by atoms with Gasteiger partial charge in [0.05, 0.1) is 6.10 Å². The Morgan fingerprint density at radius 3 is 2.52 bits per heavy atom. The Kier molecular flexibility index (Phi) is 7.40. The minimum absolute atomic E-state index is 0.0891. The van der Waals surface area contributed by atoms with Crippen LogP contribution in [0.25, 0.3) is 0 Å². The lowest BCUT2D eigenvalue weighted by atomic mass is 10.2. The van der Waals surface area contributed by atoms with Crippen LogP contribution in [-0.2, 0) is 14.3 Å². The van der Waals surface area contributed by atoms with Crippen molar-refractivity contribution in [3.05, 3.63) is 29.8 Å². The van der Waals surface area contributed by atoms with Crippen molar-refractivity contribution in [2.45, 2.75) is 32.3 Å². The lowest BCUT2D eigenvalue weighted by Gasteiger charge is -2.26. The predicted octanol–water partition coefficient (Wildman–Crippen LogP) is 1.89. The summed E-state index contributed by atoms with van der Waals surface area (Å²) in [5.41, 5.74) is 1.84. The van der Waals surface area contributed by atoms with Gasteiger partial charge in [0.15, 0.2) is 0 Å². The van der Waals surface area contributed by atoms with Gasteiger partial charge in [-0.05, 0) is 46.0 Å². The van der Waals surface area contributed by atoms with Crippen molar-refractivity contribution in [3.63, 3.8) is 0 Å². The molecule has 138 valence electrons. The van der Waals surface area contributed by atoms with Gasteiger partial charge < -0.3 is 19.9 Å². The summed E-state index contributed by atoms with van der Waals surface area (Å²) in [6, 6.07) is 7.54. The van der Waals surface area contributed by atoms with Gasteiger partial charge in [-0.2, -0.15) is 0 Å². The summed E-state index contributed by atoms with van der Waals surface area (Å²) in [5.74, 6) is -0.432. The van der Waals surface area contributed by atoms with Gasteiger partial charge in [0.2, 0.25) is 11.8 Å². The van der Waals surface area contributed by atoms with Crippen LogP contribution in [0.4, 0.5) is 5.69 Å². The Hall–Kier alpha value is -1.92. The molecule has 1 aliphatic heterocycles. The van der Waals surface area contributed by atoms with Gasteiger partial charge in [-0.3, -0.25) is 9.59 Å². The average molecular weight is 347 g/mol. The van der Waals surface area contributed by atoms with E-state index in [0.29, 0.717) is 18.8 Å². The third kappa shape index (κ3) is 6.84. The van der Waals surface area contributed by atoms with Crippen molar-refractivity contribution in [1.82, 2.24) is 9.80 Å². The molecular formula is C19H29N3O3. The molecule has 1 aliphatic rings. The summed E-state index contributed by atoms with van der Waals surface area (Å²) in [5, 5.41) is 2.79. The molecule has 1 heterocycles. The molecule has 2 amide bonds. The quantitative estimate of drug-likeness (QED) is 0.730. The number of nitrogens with one attached hydrogen (secondary N) is 1. The van der Waals surface area contributed by atoms with Crippen molar-refractivity contribution in [2.75, 3.05) is 45.7 Å². The first-order valence-electron chi connectivity index (χ1n) is 8.84. The van der Waals surface area contributed by atoms with Crippen LogP contribution >= 0.6 is 0 Å². The van der Waals surface area contributed by atoms with Crippen LogP contribution in [0.1, 0.15) is 24.8 Å². The number of rotatable bonds is 8. The van der Waals surface area contributed by atoms with E-state index < -0.39 is 0 Å². The zero-order valence-corrected chi connectivity index (χ0v) is 15.5. The lowest BCUT2D eigenvalue weighted by molar-refractivity contribution is -0.136. The fraction of sp³-hybridized carbons (Fsp3) is 0.579. The number of amides is 2. The Balaban J connectivity index is 1.89. The zero-order valence-electron chi connectivity index (χ0n) is 15.5. The highest BCUT2D eigenvalue weighted by Crippen LogP contribution is 2.14. The highest BCUT2D eigenvalue weighted by Gasteiger charge is 2.24. The molecule has 1 N–H and O–H groups in total. The van der Waals surface area contributed by atoms with Crippen molar-refractivity contribution in [3.8, 4) is 0 Å². The monoisotopic (exact) mass is 347 g/mol. The number of likely N-dealkylation sites (N-methyl/N-ethyl adjacent to an activating group) is 1. The Labute approximate surface area is 150 Å². The minimum atomic E-state index is -0.281. The summed E-state index contributed by atoms with van der Waals surface area (Å²) in [7, 11) is 3.94. The first-order valence-corrected chi connectivity index (χ1v) is 8.84. The van der Waals surface area contributed by atoms with Crippen LogP contribution < -0.4 is 5.32 Å². The molecule has 1 aromatic rings. The SMILES string of the molecule is Cc1ccc(NC(=O)CC(=O)N(CCN(C)C)CC2CCCO2)cc1. The van der Waals surface area contributed by atoms with Gasteiger partial charge in [-0.1, -0.05) is 17.7 Å². The number of benzene rings is 1. The third-order valence-corrected chi connectivity index (χ3v) is 4.26. The highest BCUT2D eigenvalue weighted by molar-refractivity contribution is 6.03. The molecule has 25 heavy (non-hydrogen) atoms. The molecule has 0 bridgehead atoms. The molecule has 1 fully saturated rings. The minimum Gasteiger partial charge on any atom is -0.376 e. The standard InChI is InChI=1S/C19H29N3O3/c1-15-6-8-16(9-7-15)20-18(23)13-19(24)22(11-10-21(2)3)14-17-5-4-12-25-17/h6-9,17H,4-5,10-14H2,1-3H3,(H,20,23). The van der Waals surface area contributed by atoms with Gasteiger partial charge >= 0.3 is 0 Å². The van der Waals surface area contributed by atoms with Gasteiger partial charge in [0, 0.05) is 31.9 Å². The van der Waals surface area contributed by atoms with E-state index in [4.69, 9.17) is 4.74 Å². The number of aryl methyl sites for hydroxylation is 1. The second-order valence-electron chi connectivity index (χ2n) is 6.87. The van der Waals surface area contributed by atoms with Crippen LogP contribution in [0.5, 0.6) is 0 Å². The van der Waals surface area contributed by atoms with Crippen LogP contribution in [-0.4, -0.2) is 68.1 Å². The fourth-order valence-corrected chi connectivity index (χ4v) is 2.76. The van der Waals surface area contributed by atoms with E-state index in [1.54, 1.807) is 4.90 Å². The van der Waals surface area contributed by atoms with Crippen molar-refractivity contribution < 1.29 is 14.3 Å². The Morgan fingerprint density at radius 1 is 1.20 bits per heavy atom. The maximum absolute atomic E-state index is 12.6. The molecule has 1 saturated heterocycles. The van der Waals surface area contributed by atoms with Crippen LogP contribution in [0.3, 0.4) is 0 Å². The molecule has 0 spiro atoms. The first kappa shape index (κ1) is 19.4. The van der Waals surface area contributed by atoms with Crippen molar-refractivity contribution >= 4 is 17.5 Å². The van der Waals surface area contributed by atoms with Gasteiger partial charge in [0.1, 0.15) is 6.42 Å². The van der Waals surface area contributed by atoms with E-state index in [2.05, 4.69) is 5.32 Å². The lowest BCUT2D eigenvalue weighted by Crippen LogP contribution is -2.42. The molecule has 0 radical (unpaired) electrons. The zero-order chi connectivity index (χ0) is 18.2. The Morgan fingerprint density at radius 2 is 1.92 bits per heavy atom. The van der Waals surface area contributed by atoms with Gasteiger partial charge in [-0.15, -0.1) is 0 Å². The van der Waals surface area contributed by atoms with E-state index in [9.17, 15) is 9.59 Å². The largest absolute Gasteiger partial charge is 0.376 e. The Bertz CT molecular complexity index is 566. The average Bonchev–Trinajstić information content (AvgIpc) is 3.06. The molecule has 0 saturated carbocycles. The van der Waals surface area contributed by atoms with E-state index in [-0.39, 0.29) is 24.3 Å². The predicted molar refractivity (Wildman–Crippen MR) is 98.5 cm³/mol. The van der Waals surface area contributed by atoms with E-state index in [0.717, 1.165) is 31.6 Å². The van der Waals surface area contributed by atoms with Crippen LogP contribution in [0.15, 0.2) is 24.3 Å². The molecule has 1 aromatic carbocycles. The first-order chi connectivity index (χ1) is 11.9. The molecule has 6 heteroatoms. The van der Waals surface area contributed by atoms with Crippen molar-refractivity contribution in [1.29, 1.82) is 0 Å². The number of carbonyl (C=O) groups excluding carboxylic acids is 2. The number of nitrogens with zero attached hydrogens (tertiary/aromatic N) is 2. The maximum Gasteiger partial charge on any atom is 0.233 e. The normalized spacial score (nSPS) is 16.9. The summed E-state index contributed by atoms with van der Waals surface area (Å²) >= 11 is 0. The summed E-state index contributed by atoms with van der Waals surface area (Å²) in [4.78, 5) is 28.6. The summed E-state index contributed by atoms with van der Waals surface area (Å²) in [6.07, 6.45) is 1.95. The number of anilines is 1. The molecule has 1 atom stereocenters. The fourth-order valence-electron chi connectivity index (χ4n) is 2.76. The number of hydrogen-bond donors (Lipinski definition) is 1. The van der Waals surface area contributed by atoms with Crippen LogP contribution in [0, 0.1) is 6.92 Å². The van der Waals surface area contributed by atoms with Gasteiger partial charge in [-0.25, -0.2) is 0 Å². The second-order valence-corrected chi connectivity index (χ2v) is 6.87. The molecule has 0 aromatic heterocycles. The van der Waals surface area contributed by atoms with Crippen molar-refractivity contribution in [2.24, 2.45) is 0 Å². The van der Waals surface area contributed by atoms with E-state index in [1.807, 2.05) is 50.2 Å². The summed E-state index contributed by atoms with van der Waals surface area (Å²) < 4.78 is 5.64. The third-order valence-electron chi connectivity index (χ3n) is 4.26. The van der Waals surface area contributed by atoms with Crippen LogP contribution in [0.2, 0.25) is 0 Å². The number of hydrogen-bond acceptors (Lipinski definition) is 4. The smallest absolute Gasteiger partial charge is 0.233 e. The molecule has 0 aliphatic carbocycles. The maximum atomic E-state index is 12.6. The number of ether oxygens (including phenoxy) is 1. The molecule has 2 rings (SSSR count). The number of carbonyl (C=O) groups is 2. The molecule has 1 unspecified atom stereocenters. The summed E-state index contributed by atoms with van der Waals surface area (Å²) in [6.45, 7) is 4.67. The van der Waals surface area contributed by atoms with Gasteiger partial charge in [0.25, 0.3) is 0 Å². The van der Waals surface area contributed by atoms with E-state index in [1.165, 1.54) is 0 Å². The van der Waals surface area contributed by atoms with E-state index >= 15 is 0 Å². The highest BCUT2D eigenvalue weighted by atomic mass is 16.5.